The van der Waals surface area contributed by atoms with Crippen molar-refractivity contribution in [2.45, 2.75) is 148 Å². The summed E-state index contributed by atoms with van der Waals surface area (Å²) in [5.74, 6) is 0.684. The van der Waals surface area contributed by atoms with Crippen LogP contribution in [0, 0.1) is 34.6 Å². The zero-order chi connectivity index (χ0) is 47.2. The summed E-state index contributed by atoms with van der Waals surface area (Å²) in [6.45, 7) is 36.7. The number of rotatable bonds is 2. The number of fused-ring (bicyclic) bond motifs is 5. The molecule has 8 aromatic carbocycles. The summed E-state index contributed by atoms with van der Waals surface area (Å²) in [7, 11) is 0. The van der Waals surface area contributed by atoms with Gasteiger partial charge in [0.05, 0.1) is 0 Å². The van der Waals surface area contributed by atoms with E-state index in [0.717, 1.165) is 0 Å². The van der Waals surface area contributed by atoms with Gasteiger partial charge in [0.25, 0.3) is 0 Å². The highest BCUT2D eigenvalue weighted by Crippen LogP contribution is 2.35. The lowest BCUT2D eigenvalue weighted by Crippen LogP contribution is -2.10. The molecule has 0 nitrogen and oxygen atoms in total. The van der Waals surface area contributed by atoms with E-state index in [1.807, 2.05) is 64.1 Å². The maximum atomic E-state index is 2.33. The van der Waals surface area contributed by atoms with Crippen LogP contribution in [0.4, 0.5) is 0 Å². The van der Waals surface area contributed by atoms with Gasteiger partial charge in [-0.1, -0.05) is 277 Å². The first-order valence-electron chi connectivity index (χ1n) is 23.5. The average molecular weight is 855 g/mol. The fourth-order valence-electron chi connectivity index (χ4n) is 6.98. The zero-order valence-corrected chi connectivity index (χ0v) is 42.5. The van der Waals surface area contributed by atoms with Crippen molar-refractivity contribution in [1.82, 2.24) is 0 Å². The van der Waals surface area contributed by atoms with Crippen molar-refractivity contribution in [1.29, 1.82) is 0 Å². The molecule has 0 saturated carbocycles. The molecule has 0 aliphatic heterocycles. The molecule has 64 heavy (non-hydrogen) atoms. The van der Waals surface area contributed by atoms with E-state index in [4.69, 9.17) is 0 Å². The Morgan fingerprint density at radius 2 is 0.641 bits per heavy atom. The molecule has 0 bridgehead atoms. The molecule has 0 aromatic heterocycles. The molecule has 0 saturated heterocycles. The topological polar surface area (TPSA) is 0 Å². The Kier molecular flexibility index (Phi) is 25.1. The van der Waals surface area contributed by atoms with Crippen LogP contribution in [-0.2, 0) is 10.8 Å². The van der Waals surface area contributed by atoms with Gasteiger partial charge in [-0.15, -0.1) is 0 Å². The maximum absolute atomic E-state index is 2.33. The van der Waals surface area contributed by atoms with Gasteiger partial charge in [0.1, 0.15) is 0 Å². The second-order valence-corrected chi connectivity index (χ2v) is 18.2. The molecule has 0 aliphatic carbocycles. The van der Waals surface area contributed by atoms with Crippen molar-refractivity contribution in [2.24, 2.45) is 0 Å². The minimum absolute atomic E-state index is 0. The summed E-state index contributed by atoms with van der Waals surface area (Å²) in [5, 5.41) is 8.15. The van der Waals surface area contributed by atoms with Crippen molar-refractivity contribution in [3.8, 4) is 0 Å². The van der Waals surface area contributed by atoms with Crippen LogP contribution in [-0.4, -0.2) is 0 Å². The van der Waals surface area contributed by atoms with Gasteiger partial charge < -0.3 is 0 Å². The third kappa shape index (κ3) is 18.0. The Bertz CT molecular complexity index is 2340. The molecule has 1 unspecified atom stereocenters. The zero-order valence-electron chi connectivity index (χ0n) is 42.5. The number of hydrogen-bond acceptors (Lipinski definition) is 0. The minimum atomic E-state index is 0. The fourth-order valence-corrected chi connectivity index (χ4v) is 6.98. The van der Waals surface area contributed by atoms with Crippen LogP contribution in [0.1, 0.15) is 147 Å². The molecular formula is C64H86. The monoisotopic (exact) mass is 855 g/mol. The highest BCUT2D eigenvalue weighted by Gasteiger charge is 2.14. The van der Waals surface area contributed by atoms with E-state index in [9.17, 15) is 0 Å². The Labute approximate surface area is 393 Å². The largest absolute Gasteiger partial charge is 0.0776 e. The van der Waals surface area contributed by atoms with Gasteiger partial charge in [-0.05, 0) is 118 Å². The van der Waals surface area contributed by atoms with Crippen molar-refractivity contribution in [3.05, 3.63) is 214 Å². The average Bonchev–Trinajstić information content (AvgIpc) is 3.29. The molecule has 1 atom stereocenters. The molecule has 8 aromatic rings. The molecule has 0 spiro atoms. The highest BCUT2D eigenvalue weighted by molar-refractivity contribution is 6.18. The van der Waals surface area contributed by atoms with E-state index in [1.54, 1.807) is 0 Å². The van der Waals surface area contributed by atoms with Gasteiger partial charge in [-0.3, -0.25) is 0 Å². The van der Waals surface area contributed by atoms with Crippen LogP contribution in [0.25, 0.3) is 32.3 Å². The number of benzene rings is 8. The van der Waals surface area contributed by atoms with Gasteiger partial charge in [0, 0.05) is 0 Å². The molecule has 0 N–H and O–H groups in total. The molecular weight excluding hydrogens is 769 g/mol. The lowest BCUT2D eigenvalue weighted by Gasteiger charge is -2.20. The summed E-state index contributed by atoms with van der Waals surface area (Å²) in [4.78, 5) is 0. The molecule has 0 heterocycles. The summed E-state index contributed by atoms with van der Waals surface area (Å²) in [6, 6.07) is 60.4. The van der Waals surface area contributed by atoms with Crippen LogP contribution < -0.4 is 0 Å². The fraction of sp³-hybridized carbons (Fsp3) is 0.344. The Morgan fingerprint density at radius 1 is 0.359 bits per heavy atom. The van der Waals surface area contributed by atoms with E-state index in [-0.39, 0.29) is 18.3 Å². The minimum Gasteiger partial charge on any atom is -0.0776 e. The van der Waals surface area contributed by atoms with Crippen LogP contribution >= 0.6 is 0 Å². The maximum Gasteiger partial charge on any atom is -0.00961 e. The second-order valence-electron chi connectivity index (χ2n) is 18.2. The SMILES string of the molecule is C.CC.CC.CCC(C)c1ccc(C(C)(C)C)cc1.Cc1cc2c3ccccc3c(C)cc2c2ccccc12.Cc1ccc(C(C)(C)C)cc1.Cc1ccccc1.Cc1ccccc1. The lowest BCUT2D eigenvalue weighted by molar-refractivity contribution is 0.589. The lowest BCUT2D eigenvalue weighted by atomic mass is 9.85. The van der Waals surface area contributed by atoms with Crippen LogP contribution in [0.5, 0.6) is 0 Å². The quantitative estimate of drug-likeness (QED) is 0.152. The van der Waals surface area contributed by atoms with Crippen LogP contribution in [0.2, 0.25) is 0 Å². The molecule has 0 heteroatoms. The van der Waals surface area contributed by atoms with Crippen molar-refractivity contribution in [2.75, 3.05) is 0 Å². The third-order valence-electron chi connectivity index (χ3n) is 11.1. The molecule has 0 aliphatic rings. The number of aryl methyl sites for hydroxylation is 5. The summed E-state index contributed by atoms with van der Waals surface area (Å²) in [5.41, 5.74) is 11.5. The third-order valence-corrected chi connectivity index (χ3v) is 11.1. The van der Waals surface area contributed by atoms with Gasteiger partial charge in [-0.25, -0.2) is 0 Å². The van der Waals surface area contributed by atoms with E-state index >= 15 is 0 Å². The first-order chi connectivity index (χ1) is 30.0. The van der Waals surface area contributed by atoms with E-state index in [1.165, 1.54) is 83.2 Å². The van der Waals surface area contributed by atoms with Gasteiger partial charge in [0.2, 0.25) is 0 Å². The van der Waals surface area contributed by atoms with Gasteiger partial charge in [0.15, 0.2) is 0 Å². The number of hydrogen-bond donors (Lipinski definition) is 0. The van der Waals surface area contributed by atoms with E-state index in [0.29, 0.717) is 5.92 Å². The van der Waals surface area contributed by atoms with Crippen molar-refractivity contribution >= 4 is 32.3 Å². The highest BCUT2D eigenvalue weighted by atomic mass is 14.2. The van der Waals surface area contributed by atoms with Crippen molar-refractivity contribution < 1.29 is 0 Å². The van der Waals surface area contributed by atoms with Crippen LogP contribution in [0.15, 0.2) is 170 Å². The predicted octanol–water partition coefficient (Wildman–Crippen LogP) is 20.2. The molecule has 0 fully saturated rings. The first kappa shape index (κ1) is 56.6. The molecule has 8 rings (SSSR count). The summed E-state index contributed by atoms with van der Waals surface area (Å²) >= 11 is 0. The Hall–Kier alpha value is -5.46. The van der Waals surface area contributed by atoms with Crippen LogP contribution in [0.3, 0.4) is 0 Å². The first-order valence-corrected chi connectivity index (χ1v) is 23.5. The summed E-state index contributed by atoms with van der Waals surface area (Å²) < 4.78 is 0. The molecule has 0 amide bonds. The van der Waals surface area contributed by atoms with E-state index in [2.05, 4.69) is 223 Å². The van der Waals surface area contributed by atoms with E-state index < -0.39 is 0 Å². The molecule has 0 radical (unpaired) electrons. The standard InChI is InChI=1S/C20H16.C14H22.C11H16.2C7H8.2C2H6.CH4/c1-13-11-19-18-10-6-4-8-16(18)14(2)12-20(19)17-9-5-3-7-15(13)17;1-6-11(2)12-7-9-13(10-8-12)14(3,4)5;1-9-5-7-10(8-6-9)11(2,3)4;2*1-7-5-3-2-4-6-7;2*1-2;/h3-12H,1-2H3;7-11H,6H2,1-5H3;5-8H,1-4H3;2*2-6H,1H3;2*1-2H3;1H4. The van der Waals surface area contributed by atoms with Gasteiger partial charge >= 0.3 is 0 Å². The van der Waals surface area contributed by atoms with Crippen molar-refractivity contribution in [3.63, 3.8) is 0 Å². The smallest absolute Gasteiger partial charge is 0.00961 e. The Balaban J connectivity index is 0.000000412. The molecule has 342 valence electrons. The second kappa shape index (κ2) is 28.4. The van der Waals surface area contributed by atoms with Gasteiger partial charge in [-0.2, -0.15) is 0 Å². The normalized spacial score (nSPS) is 10.8. The predicted molar refractivity (Wildman–Crippen MR) is 294 cm³/mol. The Morgan fingerprint density at radius 3 is 0.922 bits per heavy atom. The summed E-state index contributed by atoms with van der Waals surface area (Å²) in [6.07, 6.45) is 1.22.